The Balaban J connectivity index is 1.47. The third-order valence-electron chi connectivity index (χ3n) is 4.11. The molecule has 1 fully saturated rings. The number of piperazine rings is 1. The molecule has 2 aromatic rings. The van der Waals surface area contributed by atoms with Gasteiger partial charge in [0.25, 0.3) is 10.0 Å². The van der Waals surface area contributed by atoms with E-state index < -0.39 is 10.0 Å². The fourth-order valence-corrected chi connectivity index (χ4v) is 5.76. The van der Waals surface area contributed by atoms with E-state index in [4.69, 9.17) is 21.6 Å². The normalized spacial score (nSPS) is 16.3. The molecular formula is C17H18ClN3O3S2. The van der Waals surface area contributed by atoms with E-state index in [2.05, 4.69) is 11.0 Å². The largest absolute Gasteiger partial charge is 0.492 e. The second-order valence-corrected chi connectivity index (χ2v) is 9.67. The fourth-order valence-electron chi connectivity index (χ4n) is 2.71. The van der Waals surface area contributed by atoms with Crippen LogP contribution in [0.2, 0.25) is 4.34 Å². The SMILES string of the molecule is N#Cc1cccc(OCCN2CCN(S(=O)(=O)c3ccc(Cl)s3)CC2)c1. The predicted molar refractivity (Wildman–Crippen MR) is 101 cm³/mol. The third-order valence-corrected chi connectivity index (χ3v) is 7.71. The van der Waals surface area contributed by atoms with Gasteiger partial charge in [0.1, 0.15) is 16.6 Å². The first-order valence-electron chi connectivity index (χ1n) is 8.10. The zero-order chi connectivity index (χ0) is 18.6. The van der Waals surface area contributed by atoms with Gasteiger partial charge in [0.15, 0.2) is 0 Å². The van der Waals surface area contributed by atoms with Gasteiger partial charge in [-0.05, 0) is 30.3 Å². The molecule has 0 aliphatic carbocycles. The van der Waals surface area contributed by atoms with Crippen molar-refractivity contribution in [2.75, 3.05) is 39.3 Å². The Kier molecular flexibility index (Phi) is 6.16. The number of ether oxygens (including phenoxy) is 1. The second kappa shape index (κ2) is 8.37. The Morgan fingerprint density at radius 2 is 1.96 bits per heavy atom. The summed E-state index contributed by atoms with van der Waals surface area (Å²) >= 11 is 6.93. The van der Waals surface area contributed by atoms with Crippen molar-refractivity contribution in [3.05, 3.63) is 46.3 Å². The summed E-state index contributed by atoms with van der Waals surface area (Å²) in [6.07, 6.45) is 0. The van der Waals surface area contributed by atoms with Crippen LogP contribution in [0.15, 0.2) is 40.6 Å². The molecule has 0 atom stereocenters. The summed E-state index contributed by atoms with van der Waals surface area (Å²) in [4.78, 5) is 2.17. The lowest BCUT2D eigenvalue weighted by atomic mass is 10.2. The topological polar surface area (TPSA) is 73.6 Å². The highest BCUT2D eigenvalue weighted by Crippen LogP contribution is 2.28. The van der Waals surface area contributed by atoms with E-state index in [-0.39, 0.29) is 4.21 Å². The fraction of sp³-hybridized carbons (Fsp3) is 0.353. The quantitative estimate of drug-likeness (QED) is 0.730. The van der Waals surface area contributed by atoms with Gasteiger partial charge in [-0.15, -0.1) is 11.3 Å². The molecular weight excluding hydrogens is 394 g/mol. The molecule has 138 valence electrons. The number of sulfonamides is 1. The lowest BCUT2D eigenvalue weighted by Crippen LogP contribution is -2.49. The average Bonchev–Trinajstić information content (AvgIpc) is 3.10. The van der Waals surface area contributed by atoms with Crippen LogP contribution >= 0.6 is 22.9 Å². The number of hydrogen-bond acceptors (Lipinski definition) is 6. The lowest BCUT2D eigenvalue weighted by molar-refractivity contribution is 0.159. The van der Waals surface area contributed by atoms with Crippen LogP contribution in [0.4, 0.5) is 0 Å². The van der Waals surface area contributed by atoms with Crippen LogP contribution in [0, 0.1) is 11.3 Å². The summed E-state index contributed by atoms with van der Waals surface area (Å²) < 4.78 is 33.1. The van der Waals surface area contributed by atoms with Gasteiger partial charge in [0.05, 0.1) is 16.0 Å². The van der Waals surface area contributed by atoms with Gasteiger partial charge in [-0.3, -0.25) is 4.90 Å². The average molecular weight is 412 g/mol. The number of nitrogens with zero attached hydrogens (tertiary/aromatic N) is 3. The summed E-state index contributed by atoms with van der Waals surface area (Å²) in [7, 11) is -3.46. The lowest BCUT2D eigenvalue weighted by Gasteiger charge is -2.33. The molecule has 3 rings (SSSR count). The molecule has 0 radical (unpaired) electrons. The highest BCUT2D eigenvalue weighted by molar-refractivity contribution is 7.91. The smallest absolute Gasteiger partial charge is 0.252 e. The molecule has 0 saturated carbocycles. The summed E-state index contributed by atoms with van der Waals surface area (Å²) in [5.74, 6) is 0.667. The molecule has 0 unspecified atom stereocenters. The zero-order valence-electron chi connectivity index (χ0n) is 14.0. The van der Waals surface area contributed by atoms with Crippen LogP contribution < -0.4 is 4.74 Å². The molecule has 0 spiro atoms. The number of benzene rings is 1. The van der Waals surface area contributed by atoms with E-state index >= 15 is 0 Å². The standard InChI is InChI=1S/C17H18ClN3O3S2/c18-16-4-5-17(25-16)26(22,23)21-8-6-20(7-9-21)10-11-24-15-3-1-2-14(12-15)13-19/h1-5,12H,6-11H2. The van der Waals surface area contributed by atoms with Crippen molar-refractivity contribution < 1.29 is 13.2 Å². The zero-order valence-corrected chi connectivity index (χ0v) is 16.4. The van der Waals surface area contributed by atoms with Crippen LogP contribution in [0.5, 0.6) is 5.75 Å². The van der Waals surface area contributed by atoms with Gasteiger partial charge < -0.3 is 4.74 Å². The van der Waals surface area contributed by atoms with Crippen LogP contribution in [-0.4, -0.2) is 57.0 Å². The van der Waals surface area contributed by atoms with Crippen LogP contribution in [0.25, 0.3) is 0 Å². The Hall–Kier alpha value is -1.63. The summed E-state index contributed by atoms with van der Waals surface area (Å²) in [5.41, 5.74) is 0.565. The van der Waals surface area contributed by atoms with Gasteiger partial charge in [-0.1, -0.05) is 17.7 Å². The molecule has 2 heterocycles. The van der Waals surface area contributed by atoms with Crippen molar-refractivity contribution in [3.63, 3.8) is 0 Å². The number of halogens is 1. The predicted octanol–water partition coefficient (Wildman–Crippen LogP) is 2.66. The first-order valence-corrected chi connectivity index (χ1v) is 10.7. The van der Waals surface area contributed by atoms with E-state index in [0.29, 0.717) is 55.0 Å². The minimum atomic E-state index is -3.46. The number of rotatable bonds is 6. The monoisotopic (exact) mass is 411 g/mol. The summed E-state index contributed by atoms with van der Waals surface area (Å²) in [5, 5.41) is 8.89. The van der Waals surface area contributed by atoms with Crippen LogP contribution in [0.1, 0.15) is 5.56 Å². The molecule has 26 heavy (non-hydrogen) atoms. The van der Waals surface area contributed by atoms with Crippen LogP contribution in [-0.2, 0) is 10.0 Å². The maximum absolute atomic E-state index is 12.6. The molecule has 9 heteroatoms. The van der Waals surface area contributed by atoms with Crippen molar-refractivity contribution in [2.45, 2.75) is 4.21 Å². The molecule has 0 amide bonds. The van der Waals surface area contributed by atoms with Crippen molar-refractivity contribution in [2.24, 2.45) is 0 Å². The van der Waals surface area contributed by atoms with Crippen LogP contribution in [0.3, 0.4) is 0 Å². The number of nitriles is 1. The molecule has 1 aliphatic rings. The third kappa shape index (κ3) is 4.55. The molecule has 1 aromatic heterocycles. The van der Waals surface area contributed by atoms with E-state index in [0.717, 1.165) is 11.3 Å². The minimum absolute atomic E-state index is 0.289. The Morgan fingerprint density at radius 3 is 2.62 bits per heavy atom. The van der Waals surface area contributed by atoms with E-state index in [1.165, 1.54) is 4.31 Å². The first-order chi connectivity index (χ1) is 12.5. The van der Waals surface area contributed by atoms with E-state index in [9.17, 15) is 8.42 Å². The molecule has 0 N–H and O–H groups in total. The van der Waals surface area contributed by atoms with Crippen molar-refractivity contribution >= 4 is 33.0 Å². The number of hydrogen-bond donors (Lipinski definition) is 0. The molecule has 6 nitrogen and oxygen atoms in total. The van der Waals surface area contributed by atoms with Gasteiger partial charge in [-0.2, -0.15) is 9.57 Å². The van der Waals surface area contributed by atoms with Gasteiger partial charge in [-0.25, -0.2) is 8.42 Å². The van der Waals surface area contributed by atoms with Crippen molar-refractivity contribution in [3.8, 4) is 11.8 Å². The highest BCUT2D eigenvalue weighted by Gasteiger charge is 2.29. The summed E-state index contributed by atoms with van der Waals surface area (Å²) in [6, 6.07) is 12.3. The van der Waals surface area contributed by atoms with Gasteiger partial charge >= 0.3 is 0 Å². The Morgan fingerprint density at radius 1 is 1.19 bits per heavy atom. The minimum Gasteiger partial charge on any atom is -0.492 e. The Labute approximate surface area is 162 Å². The van der Waals surface area contributed by atoms with Crippen molar-refractivity contribution in [1.29, 1.82) is 5.26 Å². The molecule has 0 bridgehead atoms. The second-order valence-electron chi connectivity index (χ2n) is 5.79. The Bertz CT molecular complexity index is 900. The van der Waals surface area contributed by atoms with Crippen molar-refractivity contribution in [1.82, 2.24) is 9.21 Å². The van der Waals surface area contributed by atoms with E-state index in [1.807, 2.05) is 6.07 Å². The maximum atomic E-state index is 12.6. The molecule has 1 saturated heterocycles. The first kappa shape index (κ1) is 19.1. The number of thiophene rings is 1. The van der Waals surface area contributed by atoms with E-state index in [1.54, 1.807) is 30.3 Å². The van der Waals surface area contributed by atoms with Gasteiger partial charge in [0, 0.05) is 32.7 Å². The highest BCUT2D eigenvalue weighted by atomic mass is 35.5. The summed E-state index contributed by atoms with van der Waals surface area (Å²) in [6.45, 7) is 3.39. The maximum Gasteiger partial charge on any atom is 0.252 e. The molecule has 1 aliphatic heterocycles. The molecule has 1 aromatic carbocycles. The van der Waals surface area contributed by atoms with Gasteiger partial charge in [0.2, 0.25) is 0 Å².